The van der Waals surface area contributed by atoms with Crippen LogP contribution in [0.25, 0.3) is 0 Å². The molecule has 1 aliphatic rings. The highest BCUT2D eigenvalue weighted by atomic mass is 79.9. The van der Waals surface area contributed by atoms with Crippen molar-refractivity contribution in [2.75, 3.05) is 6.61 Å². The molecule has 1 fully saturated rings. The number of nitro benzene ring substituents is 1. The van der Waals surface area contributed by atoms with Crippen LogP contribution in [0.1, 0.15) is 12.8 Å². The molecule has 7 nitrogen and oxygen atoms in total. The molecule has 1 aromatic carbocycles. The number of amides is 1. The number of halogens is 2. The second kappa shape index (κ2) is 5.57. The van der Waals surface area contributed by atoms with Crippen molar-refractivity contribution in [1.29, 1.82) is 0 Å². The first-order valence-electron chi connectivity index (χ1n) is 6.10. The lowest BCUT2D eigenvalue weighted by atomic mass is 9.95. The average molecular weight is 362 g/mol. The first kappa shape index (κ1) is 15.6. The van der Waals surface area contributed by atoms with Crippen molar-refractivity contribution in [3.63, 3.8) is 0 Å². The maximum absolute atomic E-state index is 13.5. The summed E-state index contributed by atoms with van der Waals surface area (Å²) in [5.74, 6) is -1.87. The van der Waals surface area contributed by atoms with Crippen LogP contribution in [0, 0.1) is 21.8 Å². The van der Waals surface area contributed by atoms with Crippen molar-refractivity contribution >= 4 is 27.5 Å². The van der Waals surface area contributed by atoms with E-state index in [4.69, 9.17) is 16.2 Å². The van der Waals surface area contributed by atoms with Gasteiger partial charge in [-0.2, -0.15) is 0 Å². The SMILES string of the molecule is NC(=O)C(N)(COc1cc(F)c(Br)cc1[N+](=O)[O-])C1CC1. The molecule has 4 N–H and O–H groups in total. The molecule has 0 spiro atoms. The number of nitro groups is 1. The number of primary amides is 1. The molecule has 1 saturated carbocycles. The van der Waals surface area contributed by atoms with Crippen LogP contribution in [-0.2, 0) is 4.79 Å². The molecule has 0 saturated heterocycles. The standard InChI is InChI=1S/C12H13BrFN3O4/c13-7-3-9(17(19)20)10(4-8(7)14)21-5-12(16,11(15)18)6-1-2-6/h3-4,6H,1-2,5,16H2,(H2,15,18). The van der Waals surface area contributed by atoms with E-state index in [0.29, 0.717) is 0 Å². The van der Waals surface area contributed by atoms with Crippen LogP contribution in [0.15, 0.2) is 16.6 Å². The number of carbonyl (C=O) groups is 1. The van der Waals surface area contributed by atoms with Gasteiger partial charge in [0.2, 0.25) is 5.91 Å². The summed E-state index contributed by atoms with van der Waals surface area (Å²) in [4.78, 5) is 21.7. The van der Waals surface area contributed by atoms with Gasteiger partial charge >= 0.3 is 5.69 Å². The van der Waals surface area contributed by atoms with E-state index in [1.165, 1.54) is 0 Å². The summed E-state index contributed by atoms with van der Waals surface area (Å²) in [5.41, 5.74) is 9.35. The topological polar surface area (TPSA) is 121 Å². The number of rotatable bonds is 6. The maximum atomic E-state index is 13.5. The minimum absolute atomic E-state index is 0.0577. The molecule has 0 aromatic heterocycles. The van der Waals surface area contributed by atoms with Gasteiger partial charge in [-0.3, -0.25) is 14.9 Å². The van der Waals surface area contributed by atoms with E-state index < -0.39 is 27.9 Å². The van der Waals surface area contributed by atoms with Crippen molar-refractivity contribution in [3.8, 4) is 5.75 Å². The zero-order chi connectivity index (χ0) is 15.8. The zero-order valence-electron chi connectivity index (χ0n) is 10.8. The summed E-state index contributed by atoms with van der Waals surface area (Å²) in [6, 6.07) is 1.86. The average Bonchev–Trinajstić information content (AvgIpc) is 3.23. The first-order chi connectivity index (χ1) is 9.75. The lowest BCUT2D eigenvalue weighted by Gasteiger charge is -2.25. The minimum atomic E-state index is -1.41. The highest BCUT2D eigenvalue weighted by Gasteiger charge is 2.48. The molecule has 0 radical (unpaired) electrons. The Morgan fingerprint density at radius 3 is 2.67 bits per heavy atom. The molecule has 21 heavy (non-hydrogen) atoms. The van der Waals surface area contributed by atoms with E-state index in [1.54, 1.807) is 0 Å². The quantitative estimate of drug-likeness (QED) is 0.586. The van der Waals surface area contributed by atoms with Gasteiger partial charge in [-0.15, -0.1) is 0 Å². The van der Waals surface area contributed by atoms with Gasteiger partial charge in [-0.25, -0.2) is 4.39 Å². The summed E-state index contributed by atoms with van der Waals surface area (Å²) < 4.78 is 18.7. The summed E-state index contributed by atoms with van der Waals surface area (Å²) in [6.45, 7) is -0.338. The fourth-order valence-electron chi connectivity index (χ4n) is 1.96. The number of hydrogen-bond donors (Lipinski definition) is 2. The number of nitrogens with zero attached hydrogens (tertiary/aromatic N) is 1. The normalized spacial score (nSPS) is 17.1. The second-order valence-corrected chi connectivity index (χ2v) is 5.81. The number of hydrogen-bond acceptors (Lipinski definition) is 5. The van der Waals surface area contributed by atoms with Crippen LogP contribution in [0.2, 0.25) is 0 Å². The summed E-state index contributed by atoms with van der Waals surface area (Å²) in [7, 11) is 0. The molecular formula is C12H13BrFN3O4. The number of carbonyl (C=O) groups excluding carboxylic acids is 1. The molecule has 0 bridgehead atoms. The van der Waals surface area contributed by atoms with Crippen LogP contribution in [0.4, 0.5) is 10.1 Å². The maximum Gasteiger partial charge on any atom is 0.312 e. The highest BCUT2D eigenvalue weighted by Crippen LogP contribution is 2.39. The van der Waals surface area contributed by atoms with Crippen molar-refractivity contribution in [1.82, 2.24) is 0 Å². The molecular weight excluding hydrogens is 349 g/mol. The third kappa shape index (κ3) is 3.13. The van der Waals surface area contributed by atoms with Crippen molar-refractivity contribution in [3.05, 3.63) is 32.5 Å². The summed E-state index contributed by atoms with van der Waals surface area (Å²) >= 11 is 2.86. The molecule has 2 rings (SSSR count). The Hall–Kier alpha value is -1.74. The van der Waals surface area contributed by atoms with E-state index >= 15 is 0 Å². The largest absolute Gasteiger partial charge is 0.484 e. The Morgan fingerprint density at radius 1 is 1.57 bits per heavy atom. The minimum Gasteiger partial charge on any atom is -0.484 e. The third-order valence-electron chi connectivity index (χ3n) is 3.43. The zero-order valence-corrected chi connectivity index (χ0v) is 12.4. The molecule has 1 aliphatic carbocycles. The van der Waals surface area contributed by atoms with E-state index in [1.807, 2.05) is 0 Å². The monoisotopic (exact) mass is 361 g/mol. The molecule has 114 valence electrons. The van der Waals surface area contributed by atoms with Crippen molar-refractivity contribution in [2.45, 2.75) is 18.4 Å². The molecule has 1 aromatic rings. The number of benzene rings is 1. The van der Waals surface area contributed by atoms with Gasteiger partial charge < -0.3 is 16.2 Å². The third-order valence-corrected chi connectivity index (χ3v) is 4.04. The van der Waals surface area contributed by atoms with Crippen LogP contribution in [0.3, 0.4) is 0 Å². The Balaban J connectivity index is 2.25. The summed E-state index contributed by atoms with van der Waals surface area (Å²) in [5, 5.41) is 10.9. The van der Waals surface area contributed by atoms with E-state index in [0.717, 1.165) is 25.0 Å². The van der Waals surface area contributed by atoms with Gasteiger partial charge in [-0.1, -0.05) is 0 Å². The fourth-order valence-corrected chi connectivity index (χ4v) is 2.29. The number of ether oxygens (including phenoxy) is 1. The smallest absolute Gasteiger partial charge is 0.312 e. The molecule has 1 amide bonds. The van der Waals surface area contributed by atoms with Gasteiger partial charge in [-0.05, 0) is 34.7 Å². The van der Waals surface area contributed by atoms with Gasteiger partial charge in [0.15, 0.2) is 5.75 Å². The molecule has 1 unspecified atom stereocenters. The Morgan fingerprint density at radius 2 is 2.19 bits per heavy atom. The predicted octanol–water partition coefficient (Wildman–Crippen LogP) is 1.47. The highest BCUT2D eigenvalue weighted by molar-refractivity contribution is 9.10. The molecule has 9 heteroatoms. The van der Waals surface area contributed by atoms with Gasteiger partial charge in [0.05, 0.1) is 9.40 Å². The van der Waals surface area contributed by atoms with E-state index in [9.17, 15) is 19.3 Å². The fraction of sp³-hybridized carbons (Fsp3) is 0.417. The lowest BCUT2D eigenvalue weighted by Crippen LogP contribution is -2.58. The first-order valence-corrected chi connectivity index (χ1v) is 6.90. The van der Waals surface area contributed by atoms with Crippen LogP contribution >= 0.6 is 15.9 Å². The molecule has 1 atom stereocenters. The lowest BCUT2D eigenvalue weighted by molar-refractivity contribution is -0.386. The Labute approximate surface area is 127 Å². The van der Waals surface area contributed by atoms with Crippen LogP contribution in [-0.4, -0.2) is 23.0 Å². The van der Waals surface area contributed by atoms with E-state index in [2.05, 4.69) is 15.9 Å². The van der Waals surface area contributed by atoms with Crippen LogP contribution < -0.4 is 16.2 Å². The predicted molar refractivity (Wildman–Crippen MR) is 75.1 cm³/mol. The van der Waals surface area contributed by atoms with E-state index in [-0.39, 0.29) is 22.7 Å². The second-order valence-electron chi connectivity index (χ2n) is 4.96. The van der Waals surface area contributed by atoms with Gasteiger partial charge in [0, 0.05) is 12.1 Å². The van der Waals surface area contributed by atoms with Crippen molar-refractivity contribution in [2.24, 2.45) is 17.4 Å². The van der Waals surface area contributed by atoms with Gasteiger partial charge in [0.1, 0.15) is 18.0 Å². The van der Waals surface area contributed by atoms with Gasteiger partial charge in [0.25, 0.3) is 0 Å². The summed E-state index contributed by atoms with van der Waals surface area (Å²) in [6.07, 6.45) is 1.47. The molecule has 0 aliphatic heterocycles. The molecule has 0 heterocycles. The van der Waals surface area contributed by atoms with Crippen LogP contribution in [0.5, 0.6) is 5.75 Å². The number of nitrogens with two attached hydrogens (primary N) is 2. The Bertz CT molecular complexity index is 608. The Kier molecular flexibility index (Phi) is 4.15. The van der Waals surface area contributed by atoms with Crippen molar-refractivity contribution < 1.29 is 18.8 Å².